The lowest BCUT2D eigenvalue weighted by Gasteiger charge is -2.25. The topological polar surface area (TPSA) is 0 Å². The predicted molar refractivity (Wildman–Crippen MR) is 181 cm³/mol. The minimum atomic E-state index is -0.784. The maximum absolute atomic E-state index is 6.42. The fourth-order valence-corrected chi connectivity index (χ4v) is 10.5. The molecule has 0 aliphatic rings. The highest BCUT2D eigenvalue weighted by atomic mass is 32.1. The van der Waals surface area contributed by atoms with Crippen molar-refractivity contribution in [1.82, 2.24) is 0 Å². The van der Waals surface area contributed by atoms with E-state index in [0.29, 0.717) is 0 Å². The van der Waals surface area contributed by atoms with Crippen LogP contribution in [0, 0.1) is 0 Å². The standard InChI is InChI=1S/C37H28P2S/c40-37(33-25-13-15-27-35(33)38(29-17-5-1-6-18-29)30-19-7-2-8-20-30)34-26-14-16-28-36(34)39(31-21-9-3-10-22-31)32-23-11-4-12-24-32/h1-28H. The second-order valence-corrected chi connectivity index (χ2v) is 14.2. The van der Waals surface area contributed by atoms with Crippen molar-refractivity contribution in [2.24, 2.45) is 0 Å². The quantitative estimate of drug-likeness (QED) is 0.109. The minimum Gasteiger partial charge on any atom is -0.0787 e. The molecule has 0 aromatic heterocycles. The zero-order valence-electron chi connectivity index (χ0n) is 22.0. The van der Waals surface area contributed by atoms with Gasteiger partial charge in [-0.15, -0.1) is 0 Å². The molecule has 0 heterocycles. The normalized spacial score (nSPS) is 11.1. The number of hydrogen-bond donors (Lipinski definition) is 0. The largest absolute Gasteiger partial charge is 0.0787 e. The molecular formula is C37H28P2S. The molecule has 0 bridgehead atoms. The average molecular weight is 567 g/mol. The summed E-state index contributed by atoms with van der Waals surface area (Å²) < 4.78 is 0. The second-order valence-electron chi connectivity index (χ2n) is 9.38. The molecule has 0 atom stereocenters. The van der Waals surface area contributed by atoms with Gasteiger partial charge in [0, 0.05) is 11.1 Å². The molecule has 0 N–H and O–H groups in total. The molecule has 0 saturated carbocycles. The molecule has 40 heavy (non-hydrogen) atoms. The molecule has 0 fully saturated rings. The van der Waals surface area contributed by atoms with Crippen molar-refractivity contribution in [3.63, 3.8) is 0 Å². The summed E-state index contributed by atoms with van der Waals surface area (Å²) in [6.07, 6.45) is 0. The van der Waals surface area contributed by atoms with Gasteiger partial charge in [-0.05, 0) is 47.7 Å². The summed E-state index contributed by atoms with van der Waals surface area (Å²) in [5.41, 5.74) is 2.28. The number of hydrogen-bond acceptors (Lipinski definition) is 1. The minimum absolute atomic E-state index is 0.784. The van der Waals surface area contributed by atoms with Gasteiger partial charge in [0.2, 0.25) is 0 Å². The lowest BCUT2D eigenvalue weighted by atomic mass is 10.0. The van der Waals surface area contributed by atoms with Crippen LogP contribution >= 0.6 is 28.1 Å². The van der Waals surface area contributed by atoms with Crippen LogP contribution in [-0.2, 0) is 0 Å². The smallest absolute Gasteiger partial charge is 0.0535 e. The van der Waals surface area contributed by atoms with Crippen LogP contribution in [0.3, 0.4) is 0 Å². The highest BCUT2D eigenvalue weighted by molar-refractivity contribution is 7.83. The van der Waals surface area contributed by atoms with Crippen LogP contribution in [0.2, 0.25) is 0 Å². The van der Waals surface area contributed by atoms with Gasteiger partial charge in [-0.3, -0.25) is 0 Å². The summed E-state index contributed by atoms with van der Waals surface area (Å²) >= 11 is 6.42. The highest BCUT2D eigenvalue weighted by Gasteiger charge is 2.25. The van der Waals surface area contributed by atoms with E-state index in [0.717, 1.165) is 16.0 Å². The number of rotatable bonds is 8. The molecule has 0 nitrogen and oxygen atoms in total. The third kappa shape index (κ3) is 5.60. The summed E-state index contributed by atoms with van der Waals surface area (Å²) in [4.78, 5) is 0.907. The van der Waals surface area contributed by atoms with Crippen molar-refractivity contribution >= 4 is 64.8 Å². The Morgan fingerprint density at radius 1 is 0.325 bits per heavy atom. The first kappa shape index (κ1) is 26.5. The molecule has 6 aromatic carbocycles. The monoisotopic (exact) mass is 566 g/mol. The van der Waals surface area contributed by atoms with Crippen molar-refractivity contribution in [2.75, 3.05) is 0 Å². The number of benzene rings is 6. The SMILES string of the molecule is S=C(c1ccccc1P(c1ccccc1)c1ccccc1)c1ccccc1P(c1ccccc1)c1ccccc1. The Kier molecular flexibility index (Phi) is 8.36. The Bertz CT molecular complexity index is 1490. The van der Waals surface area contributed by atoms with Gasteiger partial charge in [0.15, 0.2) is 0 Å². The Morgan fingerprint density at radius 3 is 0.875 bits per heavy atom. The van der Waals surface area contributed by atoms with Gasteiger partial charge >= 0.3 is 0 Å². The van der Waals surface area contributed by atoms with Crippen LogP contribution in [0.25, 0.3) is 0 Å². The fraction of sp³-hybridized carbons (Fsp3) is 0. The summed E-state index contributed by atoms with van der Waals surface area (Å²) in [5.74, 6) is 0. The summed E-state index contributed by atoms with van der Waals surface area (Å²) in [7, 11) is -1.57. The molecule has 0 amide bonds. The number of thiocarbonyl (C=S) groups is 1. The van der Waals surface area contributed by atoms with Crippen molar-refractivity contribution in [2.45, 2.75) is 0 Å². The van der Waals surface area contributed by atoms with E-state index in [1.54, 1.807) is 0 Å². The molecule has 0 saturated heterocycles. The van der Waals surface area contributed by atoms with Gasteiger partial charge < -0.3 is 0 Å². The van der Waals surface area contributed by atoms with Crippen molar-refractivity contribution in [1.29, 1.82) is 0 Å². The lowest BCUT2D eigenvalue weighted by molar-refractivity contribution is 1.67. The van der Waals surface area contributed by atoms with Crippen molar-refractivity contribution < 1.29 is 0 Å². The van der Waals surface area contributed by atoms with Gasteiger partial charge in [-0.2, -0.15) is 0 Å². The van der Waals surface area contributed by atoms with E-state index in [2.05, 4.69) is 170 Å². The Balaban J connectivity index is 1.51. The van der Waals surface area contributed by atoms with E-state index in [9.17, 15) is 0 Å². The molecule has 0 aliphatic heterocycles. The van der Waals surface area contributed by atoms with E-state index in [-0.39, 0.29) is 0 Å². The molecule has 0 spiro atoms. The van der Waals surface area contributed by atoms with Crippen LogP contribution in [0.5, 0.6) is 0 Å². The molecule has 6 aromatic rings. The molecule has 192 valence electrons. The van der Waals surface area contributed by atoms with Gasteiger partial charge in [-0.25, -0.2) is 0 Å². The van der Waals surface area contributed by atoms with E-state index in [4.69, 9.17) is 12.2 Å². The zero-order valence-corrected chi connectivity index (χ0v) is 24.6. The predicted octanol–water partition coefficient (Wildman–Crippen LogP) is 6.97. The highest BCUT2D eigenvalue weighted by Crippen LogP contribution is 2.37. The van der Waals surface area contributed by atoms with E-state index >= 15 is 0 Å². The molecule has 6 rings (SSSR count). The van der Waals surface area contributed by atoms with Crippen LogP contribution in [-0.4, -0.2) is 4.86 Å². The van der Waals surface area contributed by atoms with E-state index in [1.165, 1.54) is 31.8 Å². The molecule has 0 radical (unpaired) electrons. The van der Waals surface area contributed by atoms with E-state index < -0.39 is 15.8 Å². The summed E-state index contributed by atoms with van der Waals surface area (Å²) in [6, 6.07) is 60.9. The Morgan fingerprint density at radius 2 is 0.575 bits per heavy atom. The van der Waals surface area contributed by atoms with Crippen LogP contribution < -0.4 is 31.8 Å². The van der Waals surface area contributed by atoms with E-state index in [1.807, 2.05) is 0 Å². The molecular weight excluding hydrogens is 538 g/mol. The fourth-order valence-electron chi connectivity index (χ4n) is 5.03. The molecule has 3 heteroatoms. The van der Waals surface area contributed by atoms with Gasteiger partial charge in [-0.1, -0.05) is 182 Å². The van der Waals surface area contributed by atoms with Crippen LogP contribution in [0.1, 0.15) is 11.1 Å². The summed E-state index contributed by atoms with van der Waals surface area (Å²) in [5, 5.41) is 7.87. The second kappa shape index (κ2) is 12.6. The van der Waals surface area contributed by atoms with Crippen molar-refractivity contribution in [3.8, 4) is 0 Å². The zero-order chi connectivity index (χ0) is 27.1. The van der Waals surface area contributed by atoms with Gasteiger partial charge in [0.1, 0.15) is 0 Å². The third-order valence-corrected chi connectivity index (χ3v) is 12.3. The van der Waals surface area contributed by atoms with Gasteiger partial charge in [0.25, 0.3) is 0 Å². The van der Waals surface area contributed by atoms with Gasteiger partial charge in [0.05, 0.1) is 4.86 Å². The first-order chi connectivity index (χ1) is 19.8. The Hall–Kier alpha value is -3.73. The first-order valence-electron chi connectivity index (χ1n) is 13.3. The Labute approximate surface area is 244 Å². The van der Waals surface area contributed by atoms with Crippen LogP contribution in [0.4, 0.5) is 0 Å². The molecule has 0 unspecified atom stereocenters. The van der Waals surface area contributed by atoms with Crippen molar-refractivity contribution in [3.05, 3.63) is 181 Å². The first-order valence-corrected chi connectivity index (χ1v) is 16.4. The maximum atomic E-state index is 6.42. The third-order valence-electron chi connectivity index (χ3n) is 6.84. The average Bonchev–Trinajstić information content (AvgIpc) is 3.04. The lowest BCUT2D eigenvalue weighted by Crippen LogP contribution is -2.28. The maximum Gasteiger partial charge on any atom is 0.0535 e. The summed E-state index contributed by atoms with van der Waals surface area (Å²) in [6.45, 7) is 0. The molecule has 0 aliphatic carbocycles. The van der Waals surface area contributed by atoms with Crippen LogP contribution in [0.15, 0.2) is 170 Å².